The summed E-state index contributed by atoms with van der Waals surface area (Å²) < 4.78 is 40.4. The minimum atomic E-state index is -4.56. The van der Waals surface area contributed by atoms with Crippen molar-refractivity contribution in [1.82, 2.24) is 9.47 Å². The predicted octanol–water partition coefficient (Wildman–Crippen LogP) is 2.55. The van der Waals surface area contributed by atoms with E-state index in [0.29, 0.717) is 25.9 Å². The maximum Gasteiger partial charge on any atom is 0.417 e. The number of likely N-dealkylation sites (tertiary alicyclic amines) is 1. The Kier molecular flexibility index (Phi) is 4.16. The van der Waals surface area contributed by atoms with Gasteiger partial charge in [0.15, 0.2) is 5.60 Å². The number of rotatable bonds is 3. The van der Waals surface area contributed by atoms with Gasteiger partial charge in [-0.05, 0) is 50.9 Å². The molecule has 0 aliphatic carbocycles. The summed E-state index contributed by atoms with van der Waals surface area (Å²) in [5, 5.41) is 9.72. The van der Waals surface area contributed by atoms with Crippen LogP contribution in [0.1, 0.15) is 25.5 Å². The summed E-state index contributed by atoms with van der Waals surface area (Å²) in [6.45, 7) is 2.80. The molecular formula is C14H21F3N2O. The lowest BCUT2D eigenvalue weighted by Crippen LogP contribution is -2.52. The lowest BCUT2D eigenvalue weighted by atomic mass is 9.81. The van der Waals surface area contributed by atoms with E-state index in [4.69, 9.17) is 0 Å². The molecule has 0 bridgehead atoms. The quantitative estimate of drug-likeness (QED) is 0.926. The van der Waals surface area contributed by atoms with Gasteiger partial charge in [0.25, 0.3) is 0 Å². The van der Waals surface area contributed by atoms with Gasteiger partial charge in [-0.15, -0.1) is 0 Å². The molecule has 1 aromatic rings. The van der Waals surface area contributed by atoms with Gasteiger partial charge in [0.1, 0.15) is 0 Å². The maximum atomic E-state index is 12.8. The van der Waals surface area contributed by atoms with Crippen LogP contribution in [0.3, 0.4) is 0 Å². The fraction of sp³-hybridized carbons (Fsp3) is 0.714. The molecule has 0 aromatic carbocycles. The third kappa shape index (κ3) is 3.01. The third-order valence-electron chi connectivity index (χ3n) is 4.39. The highest BCUT2D eigenvalue weighted by atomic mass is 19.4. The average Bonchev–Trinajstić information content (AvgIpc) is 2.74. The van der Waals surface area contributed by atoms with Crippen molar-refractivity contribution in [3.63, 3.8) is 0 Å². The zero-order chi connectivity index (χ0) is 15.0. The van der Waals surface area contributed by atoms with Gasteiger partial charge in [0.2, 0.25) is 0 Å². The zero-order valence-electron chi connectivity index (χ0n) is 11.8. The molecule has 114 valence electrons. The Balaban J connectivity index is 1.91. The first-order chi connectivity index (χ1) is 9.22. The predicted molar refractivity (Wildman–Crippen MR) is 70.1 cm³/mol. The largest absolute Gasteiger partial charge is 0.417 e. The molecule has 2 rings (SSSR count). The molecule has 0 radical (unpaired) electrons. The van der Waals surface area contributed by atoms with Crippen LogP contribution in [0.25, 0.3) is 0 Å². The fourth-order valence-corrected chi connectivity index (χ4v) is 2.77. The van der Waals surface area contributed by atoms with Crippen LogP contribution in [0.5, 0.6) is 0 Å². The number of aromatic nitrogens is 1. The highest BCUT2D eigenvalue weighted by molar-refractivity contribution is 5.06. The maximum absolute atomic E-state index is 12.8. The van der Waals surface area contributed by atoms with Gasteiger partial charge in [0, 0.05) is 25.5 Å². The third-order valence-corrected chi connectivity index (χ3v) is 4.39. The summed E-state index contributed by atoms with van der Waals surface area (Å²) in [5.41, 5.74) is -1.43. The Morgan fingerprint density at radius 3 is 2.35 bits per heavy atom. The molecule has 2 heterocycles. The van der Waals surface area contributed by atoms with E-state index in [1.165, 1.54) is 0 Å². The van der Waals surface area contributed by atoms with E-state index >= 15 is 0 Å². The van der Waals surface area contributed by atoms with Crippen molar-refractivity contribution in [2.24, 2.45) is 13.0 Å². The van der Waals surface area contributed by atoms with E-state index in [1.807, 2.05) is 29.9 Å². The minimum Gasteiger partial charge on any atom is -0.380 e. The highest BCUT2D eigenvalue weighted by Gasteiger charge is 2.54. The van der Waals surface area contributed by atoms with Crippen molar-refractivity contribution in [1.29, 1.82) is 0 Å². The van der Waals surface area contributed by atoms with Gasteiger partial charge < -0.3 is 9.67 Å². The van der Waals surface area contributed by atoms with E-state index < -0.39 is 17.7 Å². The van der Waals surface area contributed by atoms with E-state index in [-0.39, 0.29) is 0 Å². The molecule has 20 heavy (non-hydrogen) atoms. The van der Waals surface area contributed by atoms with Crippen molar-refractivity contribution >= 4 is 0 Å². The number of aryl methyl sites for hydroxylation is 1. The van der Waals surface area contributed by atoms with Crippen LogP contribution in [0.4, 0.5) is 13.2 Å². The highest BCUT2D eigenvalue weighted by Crippen LogP contribution is 2.40. The Labute approximate surface area is 117 Å². The Bertz CT molecular complexity index is 446. The smallest absolute Gasteiger partial charge is 0.380 e. The lowest BCUT2D eigenvalue weighted by Gasteiger charge is -2.40. The van der Waals surface area contributed by atoms with Crippen LogP contribution < -0.4 is 0 Å². The van der Waals surface area contributed by atoms with E-state index in [2.05, 4.69) is 4.90 Å². The van der Waals surface area contributed by atoms with Gasteiger partial charge >= 0.3 is 6.18 Å². The Morgan fingerprint density at radius 2 is 1.90 bits per heavy atom. The molecule has 1 aliphatic rings. The second-order valence-electron chi connectivity index (χ2n) is 5.81. The molecule has 6 heteroatoms. The van der Waals surface area contributed by atoms with Crippen molar-refractivity contribution in [2.45, 2.75) is 38.1 Å². The molecule has 1 fully saturated rings. The topological polar surface area (TPSA) is 28.4 Å². The molecular weight excluding hydrogens is 269 g/mol. The summed E-state index contributed by atoms with van der Waals surface area (Å²) in [5.74, 6) is -0.716. The first-order valence-corrected chi connectivity index (χ1v) is 6.83. The molecule has 0 saturated carbocycles. The Morgan fingerprint density at radius 1 is 1.30 bits per heavy atom. The number of aliphatic hydroxyl groups is 1. The fourth-order valence-electron chi connectivity index (χ4n) is 2.77. The van der Waals surface area contributed by atoms with Crippen LogP contribution >= 0.6 is 0 Å². The van der Waals surface area contributed by atoms with Crippen LogP contribution in [-0.2, 0) is 13.6 Å². The number of halogens is 3. The Hall–Kier alpha value is -1.01. The second-order valence-corrected chi connectivity index (χ2v) is 5.81. The molecule has 0 spiro atoms. The van der Waals surface area contributed by atoms with E-state index in [9.17, 15) is 18.3 Å². The van der Waals surface area contributed by atoms with Crippen LogP contribution in [0.15, 0.2) is 18.3 Å². The van der Waals surface area contributed by atoms with Gasteiger partial charge in [-0.25, -0.2) is 0 Å². The number of nitrogens with zero attached hydrogens (tertiary/aromatic N) is 2. The normalized spacial score (nSPS) is 21.9. The summed E-state index contributed by atoms with van der Waals surface area (Å²) >= 11 is 0. The summed E-state index contributed by atoms with van der Waals surface area (Å²) in [7, 11) is 1.95. The van der Waals surface area contributed by atoms with Gasteiger partial charge in [-0.2, -0.15) is 13.2 Å². The average molecular weight is 290 g/mol. The first-order valence-electron chi connectivity index (χ1n) is 6.83. The number of hydrogen-bond donors (Lipinski definition) is 1. The molecule has 1 N–H and O–H groups in total. The van der Waals surface area contributed by atoms with Gasteiger partial charge in [-0.1, -0.05) is 0 Å². The first kappa shape index (κ1) is 15.4. The van der Waals surface area contributed by atoms with Crippen molar-refractivity contribution in [3.8, 4) is 0 Å². The monoisotopic (exact) mass is 290 g/mol. The standard InChI is InChI=1S/C14H21F3N2O/c1-13(20,14(15,16)17)11-5-8-19(9-6-11)10-12-4-3-7-18(12)2/h3-4,7,11,20H,5-6,8-10H2,1-2H3/t13-/m1/s1. The minimum absolute atomic E-state index is 0.372. The number of piperidine rings is 1. The molecule has 0 amide bonds. The van der Waals surface area contributed by atoms with Gasteiger partial charge in [-0.3, -0.25) is 4.90 Å². The molecule has 1 aromatic heterocycles. The molecule has 1 atom stereocenters. The summed E-state index contributed by atoms with van der Waals surface area (Å²) in [6.07, 6.45) is -1.86. The molecule has 3 nitrogen and oxygen atoms in total. The van der Waals surface area contributed by atoms with E-state index in [0.717, 1.165) is 19.2 Å². The number of hydrogen-bond acceptors (Lipinski definition) is 2. The summed E-state index contributed by atoms with van der Waals surface area (Å²) in [4.78, 5) is 2.14. The lowest BCUT2D eigenvalue weighted by molar-refractivity contribution is -0.275. The molecule has 1 aliphatic heterocycles. The van der Waals surface area contributed by atoms with Crippen LogP contribution in [0.2, 0.25) is 0 Å². The van der Waals surface area contributed by atoms with Crippen molar-refractivity contribution in [2.75, 3.05) is 13.1 Å². The van der Waals surface area contributed by atoms with Crippen molar-refractivity contribution < 1.29 is 18.3 Å². The zero-order valence-corrected chi connectivity index (χ0v) is 11.8. The second kappa shape index (κ2) is 5.41. The van der Waals surface area contributed by atoms with Crippen LogP contribution in [-0.4, -0.2) is 39.4 Å². The van der Waals surface area contributed by atoms with Crippen LogP contribution in [0, 0.1) is 5.92 Å². The molecule has 1 saturated heterocycles. The van der Waals surface area contributed by atoms with Crippen molar-refractivity contribution in [3.05, 3.63) is 24.0 Å². The SMILES string of the molecule is Cn1cccc1CN1CCC([C@@](C)(O)C(F)(F)F)CC1. The molecule has 0 unspecified atom stereocenters. The number of alkyl halides is 3. The van der Waals surface area contributed by atoms with Gasteiger partial charge in [0.05, 0.1) is 0 Å². The summed E-state index contributed by atoms with van der Waals surface area (Å²) in [6, 6.07) is 3.97. The van der Waals surface area contributed by atoms with E-state index in [1.54, 1.807) is 0 Å².